The number of likely N-dealkylation sites (N-methyl/N-ethyl adjacent to an activating group) is 1. The number of hydrogen-bond acceptors (Lipinski definition) is 3. The summed E-state index contributed by atoms with van der Waals surface area (Å²) in [5, 5.41) is 3.01. The molecule has 3 rings (SSSR count). The molecular weight excluding hydrogens is 478 g/mol. The van der Waals surface area contributed by atoms with E-state index < -0.39 is 12.1 Å². The number of nitrogens with zero attached hydrogens (tertiary/aromatic N) is 1. The van der Waals surface area contributed by atoms with Gasteiger partial charge in [-0.25, -0.2) is 0 Å². The van der Waals surface area contributed by atoms with Crippen LogP contribution in [0.25, 0.3) is 0 Å². The van der Waals surface area contributed by atoms with Crippen LogP contribution in [0.3, 0.4) is 0 Å². The number of rotatable bonds is 10. The van der Waals surface area contributed by atoms with E-state index in [-0.39, 0.29) is 11.8 Å². The molecule has 2 atom stereocenters. The molecule has 0 unspecified atom stereocenters. The maximum atomic E-state index is 13.2. The molecule has 3 aromatic rings. The van der Waals surface area contributed by atoms with Crippen LogP contribution in [-0.2, 0) is 28.9 Å². The minimum Gasteiger partial charge on any atom is -0.354 e. The van der Waals surface area contributed by atoms with Crippen molar-refractivity contribution in [2.75, 3.05) is 13.6 Å². The Kier molecular flexibility index (Phi) is 9.22. The Morgan fingerprint density at radius 1 is 0.848 bits per heavy atom. The fourth-order valence-corrected chi connectivity index (χ4v) is 3.98. The van der Waals surface area contributed by atoms with Gasteiger partial charge in [-0.1, -0.05) is 88.7 Å². The quantitative estimate of drug-likeness (QED) is 0.438. The van der Waals surface area contributed by atoms with Crippen molar-refractivity contribution < 1.29 is 9.59 Å². The second-order valence-corrected chi connectivity index (χ2v) is 9.03. The van der Waals surface area contributed by atoms with Crippen LogP contribution in [-0.4, -0.2) is 42.4 Å². The van der Waals surface area contributed by atoms with E-state index in [0.29, 0.717) is 25.8 Å². The third-order valence-corrected chi connectivity index (χ3v) is 6.16. The fourth-order valence-electron chi connectivity index (χ4n) is 3.71. The molecule has 0 radical (unpaired) electrons. The Bertz CT molecular complexity index is 1030. The van der Waals surface area contributed by atoms with Crippen molar-refractivity contribution in [3.05, 3.63) is 106 Å². The Balaban J connectivity index is 1.67. The SMILES string of the molecule is CN(C(=O)[C@@H](N)Cc1ccccc1)[C@@H](Cc1ccccc1)C(=O)NCCc1ccc(Br)cc1. The molecule has 0 bridgehead atoms. The van der Waals surface area contributed by atoms with Gasteiger partial charge >= 0.3 is 0 Å². The summed E-state index contributed by atoms with van der Waals surface area (Å²) in [4.78, 5) is 27.8. The summed E-state index contributed by atoms with van der Waals surface area (Å²) in [6.45, 7) is 0.490. The number of nitrogens with two attached hydrogens (primary N) is 1. The van der Waals surface area contributed by atoms with Crippen LogP contribution < -0.4 is 11.1 Å². The molecule has 33 heavy (non-hydrogen) atoms. The molecule has 3 N–H and O–H groups in total. The standard InChI is InChI=1S/C27H30BrN3O2/c1-31(27(33)24(29)18-21-8-4-2-5-9-21)25(19-22-10-6-3-7-11-22)26(32)30-17-16-20-12-14-23(28)15-13-20/h2-15,24-25H,16-19,29H2,1H3,(H,30,32)/t24-,25-/m0/s1. The van der Waals surface area contributed by atoms with Crippen LogP contribution in [0.4, 0.5) is 0 Å². The molecular formula is C27H30BrN3O2. The molecule has 0 spiro atoms. The van der Waals surface area contributed by atoms with E-state index in [1.807, 2.05) is 84.9 Å². The number of benzene rings is 3. The van der Waals surface area contributed by atoms with Crippen LogP contribution in [0.2, 0.25) is 0 Å². The van der Waals surface area contributed by atoms with E-state index in [4.69, 9.17) is 5.73 Å². The molecule has 0 aliphatic carbocycles. The molecule has 0 saturated carbocycles. The Morgan fingerprint density at radius 3 is 1.97 bits per heavy atom. The molecule has 0 aliphatic rings. The summed E-state index contributed by atoms with van der Waals surface area (Å²) in [5.74, 6) is -0.429. The maximum absolute atomic E-state index is 13.2. The van der Waals surface area contributed by atoms with Gasteiger partial charge in [-0.2, -0.15) is 0 Å². The smallest absolute Gasteiger partial charge is 0.243 e. The first kappa shape index (κ1) is 24.7. The van der Waals surface area contributed by atoms with Gasteiger partial charge in [0.1, 0.15) is 6.04 Å². The molecule has 0 heterocycles. The number of nitrogens with one attached hydrogen (secondary N) is 1. The molecule has 5 nitrogen and oxygen atoms in total. The number of carbonyl (C=O) groups is 2. The minimum atomic E-state index is -0.716. The van der Waals surface area contributed by atoms with E-state index in [2.05, 4.69) is 21.2 Å². The number of carbonyl (C=O) groups excluding carboxylic acids is 2. The topological polar surface area (TPSA) is 75.4 Å². The van der Waals surface area contributed by atoms with Crippen LogP contribution in [0, 0.1) is 0 Å². The number of halogens is 1. The van der Waals surface area contributed by atoms with Crippen LogP contribution in [0.15, 0.2) is 89.4 Å². The van der Waals surface area contributed by atoms with Crippen molar-refractivity contribution in [2.24, 2.45) is 5.73 Å². The van der Waals surface area contributed by atoms with Gasteiger partial charge in [0.2, 0.25) is 11.8 Å². The zero-order chi connectivity index (χ0) is 23.6. The fraction of sp³-hybridized carbons (Fsp3) is 0.259. The van der Waals surface area contributed by atoms with Crippen molar-refractivity contribution in [3.8, 4) is 0 Å². The van der Waals surface area contributed by atoms with E-state index in [1.165, 1.54) is 4.90 Å². The van der Waals surface area contributed by atoms with Gasteiger partial charge in [0.15, 0.2) is 0 Å². The van der Waals surface area contributed by atoms with Crippen LogP contribution in [0.1, 0.15) is 16.7 Å². The lowest BCUT2D eigenvalue weighted by atomic mass is 10.0. The highest BCUT2D eigenvalue weighted by molar-refractivity contribution is 9.10. The van der Waals surface area contributed by atoms with Gasteiger partial charge in [-0.15, -0.1) is 0 Å². The summed E-state index contributed by atoms with van der Waals surface area (Å²) in [5.41, 5.74) is 9.35. The van der Waals surface area contributed by atoms with Gasteiger partial charge in [0, 0.05) is 24.5 Å². The average molecular weight is 508 g/mol. The highest BCUT2D eigenvalue weighted by Gasteiger charge is 2.30. The summed E-state index contributed by atoms with van der Waals surface area (Å²) in [6, 6.07) is 26.0. The zero-order valence-corrected chi connectivity index (χ0v) is 20.4. The summed E-state index contributed by atoms with van der Waals surface area (Å²) < 4.78 is 1.02. The predicted molar refractivity (Wildman–Crippen MR) is 136 cm³/mol. The van der Waals surface area contributed by atoms with Crippen molar-refractivity contribution >= 4 is 27.7 Å². The van der Waals surface area contributed by atoms with Gasteiger partial charge in [-0.05, 0) is 41.7 Å². The summed E-state index contributed by atoms with van der Waals surface area (Å²) >= 11 is 3.43. The molecule has 0 aliphatic heterocycles. The molecule has 0 saturated heterocycles. The summed E-state index contributed by atoms with van der Waals surface area (Å²) in [7, 11) is 1.66. The van der Waals surface area contributed by atoms with Gasteiger partial charge in [0.25, 0.3) is 0 Å². The lowest BCUT2D eigenvalue weighted by Gasteiger charge is -2.29. The molecule has 0 aromatic heterocycles. The largest absolute Gasteiger partial charge is 0.354 e. The predicted octanol–water partition coefficient (Wildman–Crippen LogP) is 3.75. The van der Waals surface area contributed by atoms with Gasteiger partial charge in [-0.3, -0.25) is 9.59 Å². The zero-order valence-electron chi connectivity index (χ0n) is 18.8. The molecule has 3 aromatic carbocycles. The monoisotopic (exact) mass is 507 g/mol. The Labute approximate surface area is 204 Å². The van der Waals surface area contributed by atoms with E-state index in [0.717, 1.165) is 21.2 Å². The second kappa shape index (κ2) is 12.3. The first-order valence-corrected chi connectivity index (χ1v) is 11.9. The van der Waals surface area contributed by atoms with E-state index >= 15 is 0 Å². The third-order valence-electron chi connectivity index (χ3n) is 5.63. The van der Waals surface area contributed by atoms with Crippen molar-refractivity contribution in [2.45, 2.75) is 31.3 Å². The van der Waals surface area contributed by atoms with Crippen molar-refractivity contribution in [3.63, 3.8) is 0 Å². The van der Waals surface area contributed by atoms with Crippen molar-refractivity contribution in [1.29, 1.82) is 0 Å². The highest BCUT2D eigenvalue weighted by Crippen LogP contribution is 2.13. The van der Waals surface area contributed by atoms with E-state index in [1.54, 1.807) is 7.05 Å². The normalized spacial score (nSPS) is 12.6. The van der Waals surface area contributed by atoms with Crippen molar-refractivity contribution in [1.82, 2.24) is 10.2 Å². The highest BCUT2D eigenvalue weighted by atomic mass is 79.9. The lowest BCUT2D eigenvalue weighted by molar-refractivity contribution is -0.139. The first-order valence-electron chi connectivity index (χ1n) is 11.1. The first-order chi connectivity index (χ1) is 15.9. The molecule has 172 valence electrons. The second-order valence-electron chi connectivity index (χ2n) is 8.12. The summed E-state index contributed by atoms with van der Waals surface area (Å²) in [6.07, 6.45) is 1.56. The Morgan fingerprint density at radius 2 is 1.39 bits per heavy atom. The maximum Gasteiger partial charge on any atom is 0.243 e. The molecule has 0 fully saturated rings. The van der Waals surface area contributed by atoms with Crippen LogP contribution in [0.5, 0.6) is 0 Å². The molecule has 6 heteroatoms. The number of amides is 2. The Hall–Kier alpha value is -2.96. The van der Waals surface area contributed by atoms with Gasteiger partial charge in [0.05, 0.1) is 6.04 Å². The minimum absolute atomic E-state index is 0.182. The lowest BCUT2D eigenvalue weighted by Crippen LogP contribution is -2.54. The van der Waals surface area contributed by atoms with Gasteiger partial charge < -0.3 is 16.0 Å². The molecule has 2 amide bonds. The van der Waals surface area contributed by atoms with Crippen LogP contribution >= 0.6 is 15.9 Å². The van der Waals surface area contributed by atoms with E-state index in [9.17, 15) is 9.59 Å². The third kappa shape index (κ3) is 7.55. The average Bonchev–Trinajstić information content (AvgIpc) is 2.84. The number of hydrogen-bond donors (Lipinski definition) is 2.